The number of carbonyl (C=O) groups excluding carboxylic acids is 2. The highest BCUT2D eigenvalue weighted by Gasteiger charge is 2.32. The minimum absolute atomic E-state index is 0.0146. The molecule has 0 spiro atoms. The number of hydrogen-bond donors (Lipinski definition) is 0. The Morgan fingerprint density at radius 1 is 1.12 bits per heavy atom. The minimum atomic E-state index is -0.679. The number of ether oxygens (including phenoxy) is 4. The normalized spacial score (nSPS) is 12.6. The summed E-state index contributed by atoms with van der Waals surface area (Å²) < 4.78 is 23.4. The molecule has 0 radical (unpaired) electrons. The van der Waals surface area contributed by atoms with E-state index < -0.39 is 5.97 Å². The van der Waals surface area contributed by atoms with Crippen LogP contribution in [0.25, 0.3) is 0 Å². The Hall–Kier alpha value is -3.51. The number of carbonyl (C=O) groups is 2. The summed E-state index contributed by atoms with van der Waals surface area (Å²) in [6.45, 7) is 4.07. The maximum atomic E-state index is 13.2. The molecule has 0 atom stereocenters. The summed E-state index contributed by atoms with van der Waals surface area (Å²) in [5.74, 6) is 0.213. The van der Waals surface area contributed by atoms with Gasteiger partial charge in [0.05, 0.1) is 12.7 Å². The Morgan fingerprint density at radius 3 is 2.59 bits per heavy atom. The van der Waals surface area contributed by atoms with Gasteiger partial charge in [0, 0.05) is 17.0 Å². The van der Waals surface area contributed by atoms with Crippen LogP contribution in [-0.4, -0.2) is 18.9 Å². The number of esters is 1. The molecule has 0 amide bonds. The van der Waals surface area contributed by atoms with Gasteiger partial charge < -0.3 is 18.9 Å². The second-order valence-electron chi connectivity index (χ2n) is 8.39. The molecule has 0 aromatic heterocycles. The molecule has 176 valence electrons. The molecule has 6 nitrogen and oxygen atoms in total. The van der Waals surface area contributed by atoms with E-state index in [0.717, 1.165) is 5.56 Å². The molecule has 3 aromatic carbocycles. The van der Waals surface area contributed by atoms with Gasteiger partial charge in [0.25, 0.3) is 0 Å². The van der Waals surface area contributed by atoms with Crippen LogP contribution in [-0.2, 0) is 18.0 Å². The summed E-state index contributed by atoms with van der Waals surface area (Å²) in [6.07, 6.45) is 0.282. The Kier molecular flexibility index (Phi) is 7.08. The van der Waals surface area contributed by atoms with Crippen molar-refractivity contribution in [1.29, 1.82) is 0 Å². The van der Waals surface area contributed by atoms with Gasteiger partial charge in [0.15, 0.2) is 17.3 Å². The van der Waals surface area contributed by atoms with Gasteiger partial charge in [0.1, 0.15) is 30.3 Å². The van der Waals surface area contributed by atoms with Crippen LogP contribution in [0.1, 0.15) is 52.1 Å². The number of halogens is 1. The predicted molar refractivity (Wildman–Crippen MR) is 128 cm³/mol. The largest absolute Gasteiger partial charge is 0.495 e. The smallest absolute Gasteiger partial charge is 0.346 e. The predicted octanol–water partition coefficient (Wildman–Crippen LogP) is 6.62. The van der Waals surface area contributed by atoms with Crippen molar-refractivity contribution >= 4 is 23.4 Å². The third kappa shape index (κ3) is 5.02. The molecule has 4 rings (SSSR count). The van der Waals surface area contributed by atoms with Gasteiger partial charge in [0.2, 0.25) is 0 Å². The van der Waals surface area contributed by atoms with Gasteiger partial charge in [-0.2, -0.15) is 0 Å². The van der Waals surface area contributed by atoms with Crippen molar-refractivity contribution in [2.24, 2.45) is 5.92 Å². The van der Waals surface area contributed by atoms with E-state index in [1.54, 1.807) is 24.3 Å². The van der Waals surface area contributed by atoms with E-state index in [-0.39, 0.29) is 59.7 Å². The molecule has 1 heterocycles. The molecule has 1 aliphatic rings. The number of fused-ring (bicyclic) bond motifs is 2. The van der Waals surface area contributed by atoms with E-state index >= 15 is 0 Å². The van der Waals surface area contributed by atoms with Crippen LogP contribution >= 0.6 is 11.6 Å². The molecule has 0 aliphatic carbocycles. The first-order valence-electron chi connectivity index (χ1n) is 11.0. The Labute approximate surface area is 203 Å². The van der Waals surface area contributed by atoms with E-state index in [9.17, 15) is 9.59 Å². The topological polar surface area (TPSA) is 71.1 Å². The van der Waals surface area contributed by atoms with Crippen LogP contribution < -0.4 is 14.2 Å². The number of rotatable bonds is 7. The lowest BCUT2D eigenvalue weighted by molar-refractivity contribution is 0.0454. The molecule has 0 fully saturated rings. The molecular weight excluding hydrogens is 456 g/mol. The number of benzene rings is 3. The average molecular weight is 481 g/mol. The van der Waals surface area contributed by atoms with Crippen molar-refractivity contribution in [3.63, 3.8) is 0 Å². The molecule has 1 aliphatic heterocycles. The van der Waals surface area contributed by atoms with Gasteiger partial charge in [-0.1, -0.05) is 55.8 Å². The monoisotopic (exact) mass is 480 g/mol. The Bertz CT molecular complexity index is 1220. The number of ketones is 1. The fraction of sp³-hybridized carbons (Fsp3) is 0.259. The molecule has 0 saturated carbocycles. The summed E-state index contributed by atoms with van der Waals surface area (Å²) in [7, 11) is 1.41. The summed E-state index contributed by atoms with van der Waals surface area (Å²) in [5, 5.41) is 0.493. The Morgan fingerprint density at radius 2 is 1.88 bits per heavy atom. The fourth-order valence-electron chi connectivity index (χ4n) is 3.74. The summed E-state index contributed by atoms with van der Waals surface area (Å²) >= 11 is 6.12. The molecule has 0 unspecified atom stereocenters. The number of cyclic esters (lactones) is 1. The fourth-order valence-corrected chi connectivity index (χ4v) is 3.93. The van der Waals surface area contributed by atoms with Gasteiger partial charge in [-0.25, -0.2) is 4.79 Å². The second-order valence-corrected chi connectivity index (χ2v) is 8.82. The molecule has 7 heteroatoms. The van der Waals surface area contributed by atoms with E-state index in [4.69, 9.17) is 30.5 Å². The van der Waals surface area contributed by atoms with Crippen LogP contribution in [0.5, 0.6) is 23.0 Å². The molecule has 0 N–H and O–H groups in total. The van der Waals surface area contributed by atoms with E-state index in [1.807, 2.05) is 44.2 Å². The van der Waals surface area contributed by atoms with Crippen molar-refractivity contribution in [2.45, 2.75) is 33.5 Å². The first kappa shape index (κ1) is 23.6. The molecule has 3 aromatic rings. The van der Waals surface area contributed by atoms with E-state index in [2.05, 4.69) is 0 Å². The van der Waals surface area contributed by atoms with Crippen LogP contribution in [0, 0.1) is 5.92 Å². The molecular formula is C27H25ClO6. The molecule has 0 bridgehead atoms. The zero-order valence-corrected chi connectivity index (χ0v) is 20.0. The van der Waals surface area contributed by atoms with Crippen LogP contribution in [0.4, 0.5) is 0 Å². The maximum absolute atomic E-state index is 13.2. The summed E-state index contributed by atoms with van der Waals surface area (Å²) in [4.78, 5) is 26.3. The van der Waals surface area contributed by atoms with Crippen molar-refractivity contribution in [3.05, 3.63) is 81.9 Å². The molecule has 0 saturated heterocycles. The number of methoxy groups -OCH3 is 1. The zero-order chi connectivity index (χ0) is 24.2. The standard InChI is InChI=1S/C27H25ClO6/c1-16(2)11-21(29)20-13-23(32-14-17-7-5-4-6-8-17)26-24(25(20)31-3)27(30)33-15-18-12-19(28)9-10-22(18)34-26/h4-10,12-13,16H,11,14-15H2,1-3H3. The lowest BCUT2D eigenvalue weighted by Gasteiger charge is -2.23. The minimum Gasteiger partial charge on any atom is -0.495 e. The van der Waals surface area contributed by atoms with Gasteiger partial charge in [-0.05, 0) is 35.7 Å². The quantitative estimate of drug-likeness (QED) is 0.279. The average Bonchev–Trinajstić information content (AvgIpc) is 2.81. The highest BCUT2D eigenvalue weighted by molar-refractivity contribution is 6.30. The Balaban J connectivity index is 1.88. The van der Waals surface area contributed by atoms with Crippen LogP contribution in [0.3, 0.4) is 0 Å². The SMILES string of the molecule is COc1c(C(=O)CC(C)C)cc(OCc2ccccc2)c2c1C(=O)OCc1cc(Cl)ccc1O2. The summed E-state index contributed by atoms with van der Waals surface area (Å²) in [5.41, 5.74) is 1.79. The lowest BCUT2D eigenvalue weighted by Crippen LogP contribution is -2.16. The molecule has 34 heavy (non-hydrogen) atoms. The van der Waals surface area contributed by atoms with Crippen LogP contribution in [0.15, 0.2) is 54.6 Å². The van der Waals surface area contributed by atoms with E-state index in [1.165, 1.54) is 7.11 Å². The van der Waals surface area contributed by atoms with Gasteiger partial charge in [-0.3, -0.25) is 4.79 Å². The van der Waals surface area contributed by atoms with Crippen molar-refractivity contribution in [1.82, 2.24) is 0 Å². The zero-order valence-electron chi connectivity index (χ0n) is 19.2. The summed E-state index contributed by atoms with van der Waals surface area (Å²) in [6, 6.07) is 16.2. The first-order chi connectivity index (χ1) is 16.4. The third-order valence-corrected chi connectivity index (χ3v) is 5.57. The highest BCUT2D eigenvalue weighted by Crippen LogP contribution is 2.46. The maximum Gasteiger partial charge on any atom is 0.346 e. The van der Waals surface area contributed by atoms with Gasteiger partial charge >= 0.3 is 5.97 Å². The highest BCUT2D eigenvalue weighted by atomic mass is 35.5. The second kappa shape index (κ2) is 10.2. The van der Waals surface area contributed by atoms with Crippen molar-refractivity contribution in [3.8, 4) is 23.0 Å². The lowest BCUT2D eigenvalue weighted by atomic mass is 9.97. The first-order valence-corrected chi connectivity index (χ1v) is 11.3. The number of Topliss-reactive ketones (excluding diaryl/α,β-unsaturated/α-hetero) is 1. The van der Waals surface area contributed by atoms with Crippen molar-refractivity contribution in [2.75, 3.05) is 7.11 Å². The van der Waals surface area contributed by atoms with Crippen LogP contribution in [0.2, 0.25) is 5.02 Å². The van der Waals surface area contributed by atoms with Crippen molar-refractivity contribution < 1.29 is 28.5 Å². The van der Waals surface area contributed by atoms with Gasteiger partial charge in [-0.15, -0.1) is 0 Å². The third-order valence-electron chi connectivity index (χ3n) is 5.33. The van der Waals surface area contributed by atoms with E-state index in [0.29, 0.717) is 16.3 Å². The number of hydrogen-bond acceptors (Lipinski definition) is 6.